The summed E-state index contributed by atoms with van der Waals surface area (Å²) in [6, 6.07) is 11.8. The third-order valence-electron chi connectivity index (χ3n) is 3.99. The van der Waals surface area contributed by atoms with E-state index >= 15 is 0 Å². The molecule has 0 saturated carbocycles. The van der Waals surface area contributed by atoms with Gasteiger partial charge in [-0.15, -0.1) is 0 Å². The molecule has 0 aliphatic rings. The van der Waals surface area contributed by atoms with Gasteiger partial charge in [0.2, 0.25) is 0 Å². The lowest BCUT2D eigenvalue weighted by atomic mass is 9.99. The lowest BCUT2D eigenvalue weighted by molar-refractivity contribution is -0.385. The number of carbonyl (C=O) groups excluding carboxylic acids is 2. The molecule has 0 heterocycles. The summed E-state index contributed by atoms with van der Waals surface area (Å²) in [6.45, 7) is 1.34. The predicted octanol–water partition coefficient (Wildman–Crippen LogP) is 3.37. The Morgan fingerprint density at radius 3 is 2.41 bits per heavy atom. The van der Waals surface area contributed by atoms with Crippen LogP contribution >= 0.6 is 0 Å². The maximum absolute atomic E-state index is 13.4. The summed E-state index contributed by atoms with van der Waals surface area (Å²) >= 11 is 0. The fourth-order valence-corrected chi connectivity index (χ4v) is 2.49. The summed E-state index contributed by atoms with van der Waals surface area (Å²) in [7, 11) is 1.16. The van der Waals surface area contributed by atoms with Crippen LogP contribution in [-0.4, -0.2) is 24.0 Å². The number of hydrogen-bond acceptors (Lipinski definition) is 6. The van der Waals surface area contributed by atoms with E-state index in [9.17, 15) is 24.1 Å². The highest BCUT2D eigenvalue weighted by molar-refractivity contribution is 5.94. The highest BCUT2D eigenvalue weighted by Gasteiger charge is 2.29. The first-order valence-corrected chi connectivity index (χ1v) is 8.09. The Hall–Kier alpha value is -3.29. The zero-order chi connectivity index (χ0) is 20.0. The Morgan fingerprint density at radius 1 is 1.15 bits per heavy atom. The second-order valence-corrected chi connectivity index (χ2v) is 5.82. The van der Waals surface area contributed by atoms with Crippen LogP contribution in [0.4, 0.5) is 10.1 Å². The van der Waals surface area contributed by atoms with E-state index in [1.807, 2.05) is 0 Å². The SMILES string of the molecule is COC(=O)C(C)C(=O)OC(Cc1ccc(F)cc1[N+](=O)[O-])c1ccccc1. The molecule has 8 heteroatoms. The van der Waals surface area contributed by atoms with Gasteiger partial charge < -0.3 is 9.47 Å². The molecule has 7 nitrogen and oxygen atoms in total. The number of benzene rings is 2. The molecule has 2 unspecified atom stereocenters. The second kappa shape index (κ2) is 8.88. The lowest BCUT2D eigenvalue weighted by Gasteiger charge is -2.20. The molecule has 0 bridgehead atoms. The Bertz CT molecular complexity index is 839. The molecule has 0 saturated heterocycles. The Kier molecular flexibility index (Phi) is 6.59. The van der Waals surface area contributed by atoms with Gasteiger partial charge in [-0.05, 0) is 24.6 Å². The van der Waals surface area contributed by atoms with Crippen molar-refractivity contribution in [2.45, 2.75) is 19.4 Å². The van der Waals surface area contributed by atoms with Gasteiger partial charge in [-0.1, -0.05) is 30.3 Å². The summed E-state index contributed by atoms with van der Waals surface area (Å²) in [6.07, 6.45) is -0.949. The minimum absolute atomic E-state index is 0.0553. The number of nitro groups is 1. The van der Waals surface area contributed by atoms with Crippen molar-refractivity contribution in [3.63, 3.8) is 0 Å². The summed E-state index contributed by atoms with van der Waals surface area (Å²) < 4.78 is 23.3. The molecule has 2 atom stereocenters. The van der Waals surface area contributed by atoms with E-state index in [0.29, 0.717) is 5.56 Å². The predicted molar refractivity (Wildman–Crippen MR) is 93.2 cm³/mol. The normalized spacial score (nSPS) is 12.7. The molecule has 0 aromatic heterocycles. The first-order chi connectivity index (χ1) is 12.8. The topological polar surface area (TPSA) is 95.7 Å². The van der Waals surface area contributed by atoms with E-state index in [0.717, 1.165) is 19.2 Å². The van der Waals surface area contributed by atoms with Gasteiger partial charge in [0, 0.05) is 12.0 Å². The first-order valence-electron chi connectivity index (χ1n) is 8.09. The molecule has 27 heavy (non-hydrogen) atoms. The summed E-state index contributed by atoms with van der Waals surface area (Å²) in [5.41, 5.74) is 0.378. The number of nitrogens with zero attached hydrogens (tertiary/aromatic N) is 1. The highest BCUT2D eigenvalue weighted by Crippen LogP contribution is 2.29. The zero-order valence-electron chi connectivity index (χ0n) is 14.8. The fourth-order valence-electron chi connectivity index (χ4n) is 2.49. The van der Waals surface area contributed by atoms with Gasteiger partial charge in [0.25, 0.3) is 5.69 Å². The number of rotatable bonds is 7. The molecule has 0 amide bonds. The van der Waals surface area contributed by atoms with Crippen molar-refractivity contribution >= 4 is 17.6 Å². The number of ether oxygens (including phenoxy) is 2. The number of nitro benzene ring substituents is 1. The molecule has 2 rings (SSSR count). The van der Waals surface area contributed by atoms with Gasteiger partial charge in [-0.3, -0.25) is 19.7 Å². The fraction of sp³-hybridized carbons (Fsp3) is 0.263. The highest BCUT2D eigenvalue weighted by atomic mass is 19.1. The zero-order valence-corrected chi connectivity index (χ0v) is 14.8. The number of methoxy groups -OCH3 is 1. The van der Waals surface area contributed by atoms with Crippen LogP contribution in [0.2, 0.25) is 0 Å². The molecule has 0 radical (unpaired) electrons. The van der Waals surface area contributed by atoms with Crippen LogP contribution in [0.3, 0.4) is 0 Å². The molecule has 0 N–H and O–H groups in total. The van der Waals surface area contributed by atoms with E-state index in [2.05, 4.69) is 4.74 Å². The monoisotopic (exact) mass is 375 g/mol. The van der Waals surface area contributed by atoms with Crippen molar-refractivity contribution in [2.75, 3.05) is 7.11 Å². The van der Waals surface area contributed by atoms with Gasteiger partial charge in [-0.2, -0.15) is 0 Å². The van der Waals surface area contributed by atoms with Crippen LogP contribution in [0.1, 0.15) is 24.2 Å². The minimum Gasteiger partial charge on any atom is -0.468 e. The largest absolute Gasteiger partial charge is 0.468 e. The standard InChI is InChI=1S/C19H18FNO6/c1-12(18(22)26-2)19(23)27-17(13-6-4-3-5-7-13)10-14-8-9-15(20)11-16(14)21(24)25/h3-9,11-12,17H,10H2,1-2H3. The maximum atomic E-state index is 13.4. The number of esters is 2. The minimum atomic E-state index is -1.15. The molecule has 0 aliphatic heterocycles. The van der Waals surface area contributed by atoms with Gasteiger partial charge >= 0.3 is 11.9 Å². The van der Waals surface area contributed by atoms with Crippen molar-refractivity contribution in [1.29, 1.82) is 0 Å². The number of carbonyl (C=O) groups is 2. The van der Waals surface area contributed by atoms with Crippen molar-refractivity contribution in [3.05, 3.63) is 75.6 Å². The Balaban J connectivity index is 2.34. The van der Waals surface area contributed by atoms with E-state index in [-0.39, 0.29) is 12.0 Å². The second-order valence-electron chi connectivity index (χ2n) is 5.82. The molecule has 0 fully saturated rings. The van der Waals surface area contributed by atoms with Gasteiger partial charge in [-0.25, -0.2) is 4.39 Å². The van der Waals surface area contributed by atoms with Crippen LogP contribution in [0.5, 0.6) is 0 Å². The summed E-state index contributed by atoms with van der Waals surface area (Å²) in [5.74, 6) is -3.46. The van der Waals surface area contributed by atoms with E-state index < -0.39 is 40.4 Å². The van der Waals surface area contributed by atoms with Crippen LogP contribution in [0, 0.1) is 21.8 Å². The van der Waals surface area contributed by atoms with Crippen LogP contribution in [0.25, 0.3) is 0 Å². The molecule has 0 spiro atoms. The Labute approximate surface area is 154 Å². The maximum Gasteiger partial charge on any atom is 0.320 e. The van der Waals surface area contributed by atoms with E-state index in [1.165, 1.54) is 13.0 Å². The molecular weight excluding hydrogens is 357 g/mol. The third kappa shape index (κ3) is 5.10. The van der Waals surface area contributed by atoms with Crippen molar-refractivity contribution in [2.24, 2.45) is 5.92 Å². The third-order valence-corrected chi connectivity index (χ3v) is 3.99. The first kappa shape index (κ1) is 20.0. The van der Waals surface area contributed by atoms with E-state index in [1.54, 1.807) is 30.3 Å². The molecule has 2 aromatic carbocycles. The number of hydrogen-bond donors (Lipinski definition) is 0. The average molecular weight is 375 g/mol. The summed E-state index contributed by atoms with van der Waals surface area (Å²) in [4.78, 5) is 34.4. The van der Waals surface area contributed by atoms with Crippen LogP contribution in [-0.2, 0) is 25.5 Å². The quantitative estimate of drug-likeness (QED) is 0.319. The van der Waals surface area contributed by atoms with Gasteiger partial charge in [0.1, 0.15) is 11.9 Å². The molecular formula is C19H18FNO6. The van der Waals surface area contributed by atoms with Crippen molar-refractivity contribution < 1.29 is 28.4 Å². The summed E-state index contributed by atoms with van der Waals surface area (Å²) in [5, 5.41) is 11.2. The van der Waals surface area contributed by atoms with Crippen molar-refractivity contribution in [3.8, 4) is 0 Å². The van der Waals surface area contributed by atoms with Crippen LogP contribution < -0.4 is 0 Å². The van der Waals surface area contributed by atoms with Crippen molar-refractivity contribution in [1.82, 2.24) is 0 Å². The average Bonchev–Trinajstić information content (AvgIpc) is 2.67. The lowest BCUT2D eigenvalue weighted by Crippen LogP contribution is -2.26. The Morgan fingerprint density at radius 2 is 1.81 bits per heavy atom. The van der Waals surface area contributed by atoms with Crippen LogP contribution in [0.15, 0.2) is 48.5 Å². The molecule has 142 valence electrons. The molecule has 2 aromatic rings. The van der Waals surface area contributed by atoms with Gasteiger partial charge in [0.05, 0.1) is 18.1 Å². The van der Waals surface area contributed by atoms with Gasteiger partial charge in [0.15, 0.2) is 5.92 Å². The number of halogens is 1. The molecule has 0 aliphatic carbocycles. The van der Waals surface area contributed by atoms with E-state index in [4.69, 9.17) is 4.74 Å². The smallest absolute Gasteiger partial charge is 0.320 e.